The van der Waals surface area contributed by atoms with Gasteiger partial charge in [0.05, 0.1) is 12.2 Å². The number of aliphatic carboxylic acids is 1. The number of carbonyl (C=O) groups is 1. The van der Waals surface area contributed by atoms with E-state index in [1.807, 2.05) is 31.2 Å². The van der Waals surface area contributed by atoms with Crippen LogP contribution in [0.2, 0.25) is 5.02 Å². The molecule has 1 saturated heterocycles. The van der Waals surface area contributed by atoms with Crippen molar-refractivity contribution in [2.45, 2.75) is 51.2 Å². The fourth-order valence-corrected chi connectivity index (χ4v) is 3.80. The highest BCUT2D eigenvalue weighted by atomic mass is 35.5. The van der Waals surface area contributed by atoms with E-state index >= 15 is 0 Å². The van der Waals surface area contributed by atoms with E-state index in [2.05, 4.69) is 4.90 Å². The zero-order valence-corrected chi connectivity index (χ0v) is 19.3. The molecule has 1 aliphatic carbocycles. The van der Waals surface area contributed by atoms with E-state index in [9.17, 15) is 18.0 Å². The Hall–Kier alpha value is -2.25. The molecule has 2 aromatic carbocycles. The van der Waals surface area contributed by atoms with Crippen molar-refractivity contribution in [2.75, 3.05) is 19.7 Å². The number of nitrogens with zero attached hydrogens (tertiary/aromatic N) is 1. The molecule has 1 saturated carbocycles. The number of carboxylic acid groups (broad SMARTS) is 1. The highest BCUT2D eigenvalue weighted by Gasteiger charge is 2.35. The highest BCUT2D eigenvalue weighted by molar-refractivity contribution is 6.31. The molecule has 0 radical (unpaired) electrons. The molecule has 1 unspecified atom stereocenters. The standard InChI is InChI=1S/C22H23ClF3NO3.C3H6/c1-14(19-10-17(22(24,25)26)6-7-20(19)23)27-11-16(12-27)13-30-18-4-2-3-15(9-18)5-8-21(28)29;1-2-3-1/h2-4,6-7,9-10,14,16H,5,8,11-13H2,1H3,(H,28,29);1-3H2. The van der Waals surface area contributed by atoms with Gasteiger partial charge in [0.25, 0.3) is 0 Å². The van der Waals surface area contributed by atoms with E-state index in [0.29, 0.717) is 42.5 Å². The van der Waals surface area contributed by atoms with Crippen LogP contribution >= 0.6 is 11.6 Å². The molecule has 1 heterocycles. The van der Waals surface area contributed by atoms with Crippen LogP contribution in [0.25, 0.3) is 0 Å². The first-order valence-corrected chi connectivity index (χ1v) is 11.6. The maximum Gasteiger partial charge on any atom is 0.416 e. The molecule has 1 aliphatic heterocycles. The lowest BCUT2D eigenvalue weighted by atomic mass is 9.95. The van der Waals surface area contributed by atoms with Gasteiger partial charge in [-0.15, -0.1) is 0 Å². The maximum atomic E-state index is 13.0. The van der Waals surface area contributed by atoms with Crippen LogP contribution in [0, 0.1) is 5.92 Å². The molecule has 0 spiro atoms. The lowest BCUT2D eigenvalue weighted by Crippen LogP contribution is -2.50. The highest BCUT2D eigenvalue weighted by Crippen LogP contribution is 2.37. The number of aryl methyl sites for hydroxylation is 1. The zero-order valence-electron chi connectivity index (χ0n) is 18.6. The number of ether oxygens (including phenoxy) is 1. The van der Waals surface area contributed by atoms with Crippen molar-refractivity contribution in [1.82, 2.24) is 4.90 Å². The Morgan fingerprint density at radius 3 is 2.48 bits per heavy atom. The summed E-state index contributed by atoms with van der Waals surface area (Å²) in [5.41, 5.74) is 0.673. The monoisotopic (exact) mass is 483 g/mol. The molecule has 8 heteroatoms. The second kappa shape index (κ2) is 11.3. The van der Waals surface area contributed by atoms with E-state index in [-0.39, 0.29) is 18.4 Å². The van der Waals surface area contributed by atoms with Crippen LogP contribution in [0.3, 0.4) is 0 Å². The van der Waals surface area contributed by atoms with E-state index in [4.69, 9.17) is 21.4 Å². The SMILES string of the molecule is C1CC1.CC(c1cc(C(F)(F)F)ccc1Cl)N1CC(COc2cccc(CCC(=O)O)c2)C1. The number of rotatable bonds is 8. The minimum absolute atomic E-state index is 0.0665. The van der Waals surface area contributed by atoms with Crippen molar-refractivity contribution in [2.24, 2.45) is 5.92 Å². The zero-order chi connectivity index (χ0) is 24.0. The molecule has 0 aromatic heterocycles. The molecule has 33 heavy (non-hydrogen) atoms. The molecular weight excluding hydrogens is 455 g/mol. The van der Waals surface area contributed by atoms with Gasteiger partial charge < -0.3 is 9.84 Å². The van der Waals surface area contributed by atoms with Gasteiger partial charge in [-0.05, 0) is 54.8 Å². The number of likely N-dealkylation sites (tertiary alicyclic amines) is 1. The van der Waals surface area contributed by atoms with Crippen LogP contribution in [0.1, 0.15) is 55.3 Å². The fraction of sp³-hybridized carbons (Fsp3) is 0.480. The largest absolute Gasteiger partial charge is 0.493 e. The third-order valence-electron chi connectivity index (χ3n) is 5.67. The van der Waals surface area contributed by atoms with Gasteiger partial charge in [0.2, 0.25) is 0 Å². The minimum Gasteiger partial charge on any atom is -0.493 e. The maximum absolute atomic E-state index is 13.0. The van der Waals surface area contributed by atoms with Gasteiger partial charge in [0, 0.05) is 36.5 Å². The van der Waals surface area contributed by atoms with Gasteiger partial charge in [0.15, 0.2) is 0 Å². The van der Waals surface area contributed by atoms with E-state index in [1.165, 1.54) is 25.3 Å². The van der Waals surface area contributed by atoms with Gasteiger partial charge in [-0.1, -0.05) is 43.0 Å². The summed E-state index contributed by atoms with van der Waals surface area (Å²) in [5, 5.41) is 9.11. The molecule has 1 N–H and O–H groups in total. The van der Waals surface area contributed by atoms with E-state index in [0.717, 1.165) is 17.7 Å². The predicted octanol–water partition coefficient (Wildman–Crippen LogP) is 6.62. The lowest BCUT2D eigenvalue weighted by Gasteiger charge is -2.43. The fourth-order valence-electron chi connectivity index (χ4n) is 3.52. The number of halogens is 4. The van der Waals surface area contributed by atoms with Crippen molar-refractivity contribution in [3.05, 3.63) is 64.2 Å². The molecule has 180 valence electrons. The van der Waals surface area contributed by atoms with Gasteiger partial charge in [-0.25, -0.2) is 0 Å². The summed E-state index contributed by atoms with van der Waals surface area (Å²) in [7, 11) is 0. The summed E-state index contributed by atoms with van der Waals surface area (Å²) in [6.07, 6.45) is 0.611. The second-order valence-corrected chi connectivity index (χ2v) is 9.05. The Balaban J connectivity index is 0.000000942. The third kappa shape index (κ3) is 7.93. The molecule has 0 bridgehead atoms. The second-order valence-electron chi connectivity index (χ2n) is 8.64. The summed E-state index contributed by atoms with van der Waals surface area (Å²) in [5.74, 6) is 0.107. The normalized spacial score (nSPS) is 16.9. The number of carboxylic acids is 1. The molecular formula is C25H29ClF3NO3. The Morgan fingerprint density at radius 1 is 1.18 bits per heavy atom. The van der Waals surface area contributed by atoms with Gasteiger partial charge >= 0.3 is 12.1 Å². The van der Waals surface area contributed by atoms with Crippen molar-refractivity contribution in [3.8, 4) is 5.75 Å². The number of benzene rings is 2. The predicted molar refractivity (Wildman–Crippen MR) is 122 cm³/mol. The van der Waals surface area contributed by atoms with Crippen LogP contribution < -0.4 is 4.74 Å². The molecule has 1 atom stereocenters. The van der Waals surface area contributed by atoms with E-state index < -0.39 is 17.7 Å². The average Bonchev–Trinajstić information content (AvgIpc) is 3.60. The Bertz CT molecular complexity index is 940. The molecule has 2 aliphatic rings. The Morgan fingerprint density at radius 2 is 1.88 bits per heavy atom. The number of hydrogen-bond acceptors (Lipinski definition) is 3. The van der Waals surface area contributed by atoms with Crippen LogP contribution in [0.5, 0.6) is 5.75 Å². The molecule has 4 rings (SSSR count). The summed E-state index contributed by atoms with van der Waals surface area (Å²) < 4.78 is 44.8. The van der Waals surface area contributed by atoms with Crippen molar-refractivity contribution >= 4 is 17.6 Å². The van der Waals surface area contributed by atoms with Crippen molar-refractivity contribution in [3.63, 3.8) is 0 Å². The smallest absolute Gasteiger partial charge is 0.416 e. The molecule has 2 aromatic rings. The summed E-state index contributed by atoms with van der Waals surface area (Å²) in [6, 6.07) is 10.5. The van der Waals surface area contributed by atoms with Gasteiger partial charge in [-0.2, -0.15) is 13.2 Å². The summed E-state index contributed by atoms with van der Waals surface area (Å²) in [6.45, 7) is 3.74. The van der Waals surface area contributed by atoms with Crippen LogP contribution in [0.4, 0.5) is 13.2 Å². The van der Waals surface area contributed by atoms with Crippen LogP contribution in [-0.2, 0) is 17.4 Å². The first kappa shape index (κ1) is 25.4. The molecule has 2 fully saturated rings. The lowest BCUT2D eigenvalue weighted by molar-refractivity contribution is -0.138. The Kier molecular flexibility index (Phi) is 8.65. The van der Waals surface area contributed by atoms with Crippen molar-refractivity contribution < 1.29 is 27.8 Å². The van der Waals surface area contributed by atoms with Gasteiger partial charge in [-0.3, -0.25) is 9.69 Å². The molecule has 0 amide bonds. The number of hydrogen-bond donors (Lipinski definition) is 1. The summed E-state index contributed by atoms with van der Waals surface area (Å²) >= 11 is 6.15. The molecule has 4 nitrogen and oxygen atoms in total. The van der Waals surface area contributed by atoms with Crippen molar-refractivity contribution in [1.29, 1.82) is 0 Å². The quantitative estimate of drug-likeness (QED) is 0.458. The van der Waals surface area contributed by atoms with Gasteiger partial charge in [0.1, 0.15) is 5.75 Å². The minimum atomic E-state index is -4.40. The number of alkyl halides is 3. The topological polar surface area (TPSA) is 49.8 Å². The van der Waals surface area contributed by atoms with Crippen LogP contribution in [-0.4, -0.2) is 35.7 Å². The van der Waals surface area contributed by atoms with E-state index in [1.54, 1.807) is 0 Å². The first-order valence-electron chi connectivity index (χ1n) is 11.2. The Labute approximate surface area is 197 Å². The average molecular weight is 484 g/mol. The third-order valence-corrected chi connectivity index (χ3v) is 6.02. The summed E-state index contributed by atoms with van der Waals surface area (Å²) in [4.78, 5) is 12.8. The first-order chi connectivity index (χ1) is 15.6. The van der Waals surface area contributed by atoms with Crippen LogP contribution in [0.15, 0.2) is 42.5 Å².